The van der Waals surface area contributed by atoms with Crippen LogP contribution >= 0.6 is 0 Å². The zero-order chi connectivity index (χ0) is 17.2. The van der Waals surface area contributed by atoms with E-state index in [4.69, 9.17) is 4.74 Å². The second-order valence-corrected chi connectivity index (χ2v) is 5.65. The molecule has 0 bridgehead atoms. The zero-order valence-electron chi connectivity index (χ0n) is 13.2. The van der Waals surface area contributed by atoms with Gasteiger partial charge in [0.2, 0.25) is 0 Å². The van der Waals surface area contributed by atoms with Crippen LogP contribution in [0.25, 0.3) is 22.6 Å². The molecule has 0 atom stereocenters. The summed E-state index contributed by atoms with van der Waals surface area (Å²) in [6.07, 6.45) is 3.66. The van der Waals surface area contributed by atoms with Crippen LogP contribution in [0.4, 0.5) is 0 Å². The van der Waals surface area contributed by atoms with Gasteiger partial charge in [-0.15, -0.1) is 0 Å². The summed E-state index contributed by atoms with van der Waals surface area (Å²) in [7, 11) is 0. The first-order valence-corrected chi connectivity index (χ1v) is 7.78. The number of aromatic nitrogens is 2. The number of para-hydroxylation sites is 2. The summed E-state index contributed by atoms with van der Waals surface area (Å²) in [5.41, 5.74) is 2.38. The van der Waals surface area contributed by atoms with E-state index < -0.39 is 0 Å². The van der Waals surface area contributed by atoms with Crippen LogP contribution in [-0.2, 0) is 0 Å². The standard InChI is InChI=1S/C20H13N3O2/c21-11-15(10-13-9-14-5-1-4-8-18(14)25-12-13)19-22-17-7-3-2-6-16(17)20(24)23-19/h1-10H,12H2,(H,22,23,24). The Morgan fingerprint density at radius 1 is 1.20 bits per heavy atom. The Morgan fingerprint density at radius 2 is 2.00 bits per heavy atom. The first-order chi connectivity index (χ1) is 12.2. The third kappa shape index (κ3) is 2.81. The molecule has 1 aromatic heterocycles. The molecule has 25 heavy (non-hydrogen) atoms. The summed E-state index contributed by atoms with van der Waals surface area (Å²) < 4.78 is 5.70. The van der Waals surface area contributed by atoms with Crippen LogP contribution in [0.5, 0.6) is 5.75 Å². The highest BCUT2D eigenvalue weighted by Gasteiger charge is 2.12. The van der Waals surface area contributed by atoms with Gasteiger partial charge in [0.15, 0.2) is 5.82 Å². The average Bonchev–Trinajstić information content (AvgIpc) is 2.66. The molecule has 0 saturated heterocycles. The van der Waals surface area contributed by atoms with E-state index in [-0.39, 0.29) is 17.0 Å². The number of benzene rings is 2. The Labute approximate surface area is 143 Å². The molecule has 5 heteroatoms. The minimum Gasteiger partial charge on any atom is -0.488 e. The monoisotopic (exact) mass is 327 g/mol. The highest BCUT2D eigenvalue weighted by Crippen LogP contribution is 2.27. The molecule has 0 spiro atoms. The Balaban J connectivity index is 1.79. The largest absolute Gasteiger partial charge is 0.488 e. The third-order valence-electron chi connectivity index (χ3n) is 3.97. The normalized spacial score (nSPS) is 13.6. The van der Waals surface area contributed by atoms with Gasteiger partial charge in [-0.25, -0.2) is 4.98 Å². The molecule has 2 heterocycles. The third-order valence-corrected chi connectivity index (χ3v) is 3.97. The molecule has 3 aromatic rings. The van der Waals surface area contributed by atoms with Crippen LogP contribution in [0.15, 0.2) is 65.0 Å². The molecular weight excluding hydrogens is 314 g/mol. The topological polar surface area (TPSA) is 78.8 Å². The van der Waals surface area contributed by atoms with Crippen molar-refractivity contribution >= 4 is 22.6 Å². The molecule has 0 unspecified atom stereocenters. The van der Waals surface area contributed by atoms with Crippen molar-refractivity contribution in [1.29, 1.82) is 5.26 Å². The van der Waals surface area contributed by atoms with E-state index in [1.165, 1.54) is 0 Å². The predicted molar refractivity (Wildman–Crippen MR) is 95.9 cm³/mol. The zero-order valence-corrected chi connectivity index (χ0v) is 13.2. The van der Waals surface area contributed by atoms with E-state index in [0.29, 0.717) is 17.5 Å². The second kappa shape index (κ2) is 6.10. The lowest BCUT2D eigenvalue weighted by Crippen LogP contribution is -2.12. The Morgan fingerprint density at radius 3 is 2.88 bits per heavy atom. The fourth-order valence-corrected chi connectivity index (χ4v) is 2.77. The van der Waals surface area contributed by atoms with E-state index in [9.17, 15) is 10.1 Å². The van der Waals surface area contributed by atoms with Crippen LogP contribution in [0.1, 0.15) is 11.4 Å². The minimum atomic E-state index is -0.263. The summed E-state index contributed by atoms with van der Waals surface area (Å²) in [5.74, 6) is 1.07. The highest BCUT2D eigenvalue weighted by molar-refractivity contribution is 5.82. The molecule has 0 radical (unpaired) electrons. The van der Waals surface area contributed by atoms with E-state index in [2.05, 4.69) is 16.0 Å². The maximum atomic E-state index is 12.2. The molecule has 0 amide bonds. The van der Waals surface area contributed by atoms with Crippen molar-refractivity contribution in [2.75, 3.05) is 6.61 Å². The van der Waals surface area contributed by atoms with Crippen molar-refractivity contribution < 1.29 is 4.74 Å². The van der Waals surface area contributed by atoms with Crippen molar-refractivity contribution in [1.82, 2.24) is 9.97 Å². The van der Waals surface area contributed by atoms with Gasteiger partial charge in [0, 0.05) is 5.56 Å². The molecule has 2 aromatic carbocycles. The van der Waals surface area contributed by atoms with E-state index in [1.54, 1.807) is 24.3 Å². The smallest absolute Gasteiger partial charge is 0.259 e. The van der Waals surface area contributed by atoms with Gasteiger partial charge in [0.25, 0.3) is 5.56 Å². The molecule has 0 saturated carbocycles. The first kappa shape index (κ1) is 14.9. The Bertz CT molecular complexity index is 1130. The van der Waals surface area contributed by atoms with Gasteiger partial charge in [0.05, 0.1) is 16.5 Å². The number of hydrogen-bond donors (Lipinski definition) is 1. The minimum absolute atomic E-state index is 0.256. The maximum absolute atomic E-state index is 12.2. The molecule has 4 rings (SSSR count). The number of allylic oxidation sites excluding steroid dienone is 1. The van der Waals surface area contributed by atoms with Crippen LogP contribution in [0.2, 0.25) is 0 Å². The molecule has 0 fully saturated rings. The lowest BCUT2D eigenvalue weighted by atomic mass is 10.1. The highest BCUT2D eigenvalue weighted by atomic mass is 16.5. The van der Waals surface area contributed by atoms with Gasteiger partial charge in [-0.2, -0.15) is 5.26 Å². The Hall–Kier alpha value is -3.65. The maximum Gasteiger partial charge on any atom is 0.259 e. The number of rotatable bonds is 2. The quantitative estimate of drug-likeness (QED) is 0.732. The van der Waals surface area contributed by atoms with E-state index >= 15 is 0 Å². The van der Waals surface area contributed by atoms with Crippen molar-refractivity contribution in [2.45, 2.75) is 0 Å². The lowest BCUT2D eigenvalue weighted by Gasteiger charge is -2.16. The van der Waals surface area contributed by atoms with Gasteiger partial charge in [0.1, 0.15) is 18.4 Å². The average molecular weight is 327 g/mol. The first-order valence-electron chi connectivity index (χ1n) is 7.78. The van der Waals surface area contributed by atoms with Crippen LogP contribution < -0.4 is 10.3 Å². The van der Waals surface area contributed by atoms with Gasteiger partial charge < -0.3 is 9.72 Å². The number of ether oxygens (including phenoxy) is 1. The summed E-state index contributed by atoms with van der Waals surface area (Å²) in [6, 6.07) is 16.9. The number of aromatic amines is 1. The van der Waals surface area contributed by atoms with E-state index in [1.807, 2.05) is 36.4 Å². The SMILES string of the molecule is N#CC(=CC1=Cc2ccccc2OC1)c1nc2ccccc2c(=O)[nH]1. The molecule has 5 nitrogen and oxygen atoms in total. The van der Waals surface area contributed by atoms with Gasteiger partial charge in [-0.05, 0) is 35.9 Å². The molecular formula is C20H13N3O2. The lowest BCUT2D eigenvalue weighted by molar-refractivity contribution is 0.351. The summed E-state index contributed by atoms with van der Waals surface area (Å²) in [6.45, 7) is 0.361. The number of nitriles is 1. The second-order valence-electron chi connectivity index (χ2n) is 5.65. The van der Waals surface area contributed by atoms with Gasteiger partial charge in [-0.3, -0.25) is 4.79 Å². The number of H-pyrrole nitrogens is 1. The van der Waals surface area contributed by atoms with Crippen molar-refractivity contribution in [3.63, 3.8) is 0 Å². The van der Waals surface area contributed by atoms with Gasteiger partial charge >= 0.3 is 0 Å². The number of nitrogens with one attached hydrogen (secondary N) is 1. The van der Waals surface area contributed by atoms with Crippen LogP contribution in [0, 0.1) is 11.3 Å². The van der Waals surface area contributed by atoms with Crippen molar-refractivity contribution in [2.24, 2.45) is 0 Å². The molecule has 1 N–H and O–H groups in total. The van der Waals surface area contributed by atoms with Crippen LogP contribution in [0.3, 0.4) is 0 Å². The summed E-state index contributed by atoms with van der Waals surface area (Å²) in [4.78, 5) is 19.3. The van der Waals surface area contributed by atoms with Gasteiger partial charge in [-0.1, -0.05) is 30.3 Å². The summed E-state index contributed by atoms with van der Waals surface area (Å²) >= 11 is 0. The summed E-state index contributed by atoms with van der Waals surface area (Å²) in [5, 5.41) is 10.0. The molecule has 1 aliphatic rings. The number of hydrogen-bond acceptors (Lipinski definition) is 4. The number of nitrogens with zero attached hydrogens (tertiary/aromatic N) is 2. The molecule has 1 aliphatic heterocycles. The fourth-order valence-electron chi connectivity index (χ4n) is 2.77. The van der Waals surface area contributed by atoms with Crippen LogP contribution in [-0.4, -0.2) is 16.6 Å². The van der Waals surface area contributed by atoms with Crippen molar-refractivity contribution in [3.05, 3.63) is 81.9 Å². The number of fused-ring (bicyclic) bond motifs is 2. The molecule has 0 aliphatic carbocycles. The predicted octanol–water partition coefficient (Wildman–Crippen LogP) is 3.31. The molecule has 120 valence electrons. The van der Waals surface area contributed by atoms with Crippen molar-refractivity contribution in [3.8, 4) is 11.8 Å². The Kier molecular flexibility index (Phi) is 3.64. The fraction of sp³-hybridized carbons (Fsp3) is 0.0500. The van der Waals surface area contributed by atoms with E-state index in [0.717, 1.165) is 16.9 Å².